The molecular formula is C9H11ClO5S2. The minimum Gasteiger partial charge on any atom is -0.465 e. The maximum absolute atomic E-state index is 11.1. The molecule has 1 rings (SSSR count). The van der Waals surface area contributed by atoms with Gasteiger partial charge in [-0.2, -0.15) is 8.42 Å². The first-order valence-electron chi connectivity index (χ1n) is 4.17. The third-order valence-corrected chi connectivity index (χ3v) is 2.22. The predicted octanol–water partition coefficient (Wildman–Crippen LogP) is 2.22. The number of hydrogen-bond donors (Lipinski definition) is 1. The Bertz CT molecular complexity index is 464. The number of thioether (sulfide) groups is 1. The Kier molecular flexibility index (Phi) is 7.21. The molecule has 1 aromatic carbocycles. The molecular weight excluding hydrogens is 288 g/mol. The number of carbonyl (C=O) groups excluding carboxylic acids is 1. The van der Waals surface area contributed by atoms with E-state index in [2.05, 4.69) is 15.4 Å². The van der Waals surface area contributed by atoms with Gasteiger partial charge < -0.3 is 4.74 Å². The molecule has 8 heteroatoms. The zero-order valence-electron chi connectivity index (χ0n) is 9.08. The van der Waals surface area contributed by atoms with E-state index in [1.807, 2.05) is 24.5 Å². The standard InChI is InChI=1S/C9H10O2S.ClHO3S/c1-11-9(10)7-4-3-5-8(6-7)12-2;1-5(2,3)4/h3-6H,1-2H3;(H,2,3,4). The highest BCUT2D eigenvalue weighted by atomic mass is 35.7. The number of rotatable bonds is 2. The molecule has 0 aliphatic carbocycles. The molecule has 0 radical (unpaired) electrons. The molecule has 0 aliphatic heterocycles. The van der Waals surface area contributed by atoms with Gasteiger partial charge in [0.25, 0.3) is 0 Å². The minimum atomic E-state index is -4.19. The van der Waals surface area contributed by atoms with Crippen molar-refractivity contribution in [3.63, 3.8) is 0 Å². The van der Waals surface area contributed by atoms with E-state index in [0.717, 1.165) is 4.90 Å². The predicted molar refractivity (Wildman–Crippen MR) is 67.0 cm³/mol. The number of methoxy groups -OCH3 is 1. The van der Waals surface area contributed by atoms with Crippen LogP contribution in [0, 0.1) is 0 Å². The van der Waals surface area contributed by atoms with E-state index in [-0.39, 0.29) is 5.97 Å². The largest absolute Gasteiger partial charge is 0.465 e. The number of halogens is 1. The number of hydrogen-bond acceptors (Lipinski definition) is 5. The van der Waals surface area contributed by atoms with Gasteiger partial charge in [0.05, 0.1) is 12.7 Å². The molecule has 0 atom stereocenters. The molecule has 0 heterocycles. The molecule has 0 fully saturated rings. The van der Waals surface area contributed by atoms with E-state index in [4.69, 9.17) is 13.0 Å². The highest BCUT2D eigenvalue weighted by Gasteiger charge is 2.04. The first-order valence-corrected chi connectivity index (χ1v) is 7.66. The van der Waals surface area contributed by atoms with E-state index in [9.17, 15) is 4.79 Å². The average molecular weight is 299 g/mol. The highest BCUT2D eigenvalue weighted by molar-refractivity contribution is 8.09. The molecule has 5 nitrogen and oxygen atoms in total. The molecule has 0 spiro atoms. The van der Waals surface area contributed by atoms with Crippen LogP contribution in [-0.4, -0.2) is 32.3 Å². The first kappa shape index (κ1) is 16.2. The Hall–Kier alpha value is -0.760. The molecule has 17 heavy (non-hydrogen) atoms. The summed E-state index contributed by atoms with van der Waals surface area (Å²) in [5.41, 5.74) is 0.601. The lowest BCUT2D eigenvalue weighted by atomic mass is 10.2. The zero-order valence-corrected chi connectivity index (χ0v) is 11.5. The zero-order chi connectivity index (χ0) is 13.5. The third-order valence-electron chi connectivity index (χ3n) is 1.49. The van der Waals surface area contributed by atoms with Gasteiger partial charge in [-0.25, -0.2) is 4.79 Å². The van der Waals surface area contributed by atoms with E-state index in [1.165, 1.54) is 7.11 Å². The van der Waals surface area contributed by atoms with E-state index >= 15 is 0 Å². The van der Waals surface area contributed by atoms with Crippen molar-refractivity contribution in [2.75, 3.05) is 13.4 Å². The molecule has 0 saturated heterocycles. The van der Waals surface area contributed by atoms with E-state index in [1.54, 1.807) is 17.8 Å². The van der Waals surface area contributed by atoms with E-state index < -0.39 is 9.33 Å². The van der Waals surface area contributed by atoms with Gasteiger partial charge in [0, 0.05) is 15.6 Å². The van der Waals surface area contributed by atoms with Gasteiger partial charge in [-0.1, -0.05) is 6.07 Å². The van der Waals surface area contributed by atoms with Crippen LogP contribution in [0.15, 0.2) is 29.2 Å². The van der Waals surface area contributed by atoms with Crippen molar-refractivity contribution in [3.05, 3.63) is 29.8 Å². The van der Waals surface area contributed by atoms with Gasteiger partial charge in [-0.3, -0.25) is 4.55 Å². The van der Waals surface area contributed by atoms with Crippen LogP contribution in [0.4, 0.5) is 0 Å². The normalized spacial score (nSPS) is 10.1. The van der Waals surface area contributed by atoms with Crippen molar-refractivity contribution < 1.29 is 22.5 Å². The Morgan fingerprint density at radius 2 is 2.00 bits per heavy atom. The summed E-state index contributed by atoms with van der Waals surface area (Å²) >= 11 is 1.60. The van der Waals surface area contributed by atoms with Crippen LogP contribution in [-0.2, 0) is 14.1 Å². The maximum atomic E-state index is 11.1. The Labute approximate surface area is 108 Å². The van der Waals surface area contributed by atoms with Crippen LogP contribution in [0.5, 0.6) is 0 Å². The molecule has 1 N–H and O–H groups in total. The van der Waals surface area contributed by atoms with Crippen molar-refractivity contribution in [2.45, 2.75) is 4.90 Å². The van der Waals surface area contributed by atoms with Crippen molar-refractivity contribution in [1.82, 2.24) is 0 Å². The quantitative estimate of drug-likeness (QED) is 0.390. The fraction of sp³-hybridized carbons (Fsp3) is 0.222. The molecule has 96 valence electrons. The number of ether oxygens (including phenoxy) is 1. The van der Waals surface area contributed by atoms with Gasteiger partial charge in [0.2, 0.25) is 0 Å². The van der Waals surface area contributed by atoms with Gasteiger partial charge in [-0.15, -0.1) is 11.8 Å². The van der Waals surface area contributed by atoms with Crippen molar-refractivity contribution in [1.29, 1.82) is 0 Å². The van der Waals surface area contributed by atoms with Crippen LogP contribution >= 0.6 is 22.4 Å². The smallest absolute Gasteiger partial charge is 0.353 e. The summed E-state index contributed by atoms with van der Waals surface area (Å²) in [6, 6.07) is 7.36. The molecule has 0 aromatic heterocycles. The van der Waals surface area contributed by atoms with Crippen LogP contribution in [0.3, 0.4) is 0 Å². The summed E-state index contributed by atoms with van der Waals surface area (Å²) < 4.78 is 29.8. The van der Waals surface area contributed by atoms with Crippen LogP contribution in [0.25, 0.3) is 0 Å². The fourth-order valence-electron chi connectivity index (χ4n) is 0.868. The molecule has 1 aromatic rings. The Morgan fingerprint density at radius 1 is 1.47 bits per heavy atom. The molecule has 0 saturated carbocycles. The summed E-state index contributed by atoms with van der Waals surface area (Å²) in [6.45, 7) is 0. The topological polar surface area (TPSA) is 80.7 Å². The SMILES string of the molecule is COC(=O)c1cccc(SC)c1.O=S(=O)(O)Cl. The van der Waals surface area contributed by atoms with Crippen molar-refractivity contribution in [2.24, 2.45) is 0 Å². The summed E-state index contributed by atoms with van der Waals surface area (Å²) in [7, 11) is 1.25. The molecule has 0 bridgehead atoms. The summed E-state index contributed by atoms with van der Waals surface area (Å²) in [5.74, 6) is -0.286. The van der Waals surface area contributed by atoms with Crippen LogP contribution in [0.2, 0.25) is 0 Å². The third kappa shape index (κ3) is 8.99. The lowest BCUT2D eigenvalue weighted by molar-refractivity contribution is 0.0600. The van der Waals surface area contributed by atoms with Gasteiger partial charge in [0.1, 0.15) is 0 Å². The summed E-state index contributed by atoms with van der Waals surface area (Å²) in [6.07, 6.45) is 1.97. The molecule has 0 unspecified atom stereocenters. The van der Waals surface area contributed by atoms with Crippen LogP contribution < -0.4 is 0 Å². The number of carbonyl (C=O) groups is 1. The average Bonchev–Trinajstić information content (AvgIpc) is 2.26. The second-order valence-electron chi connectivity index (χ2n) is 2.64. The first-order chi connectivity index (χ1) is 7.77. The second-order valence-corrected chi connectivity index (χ2v) is 5.51. The monoisotopic (exact) mass is 298 g/mol. The van der Waals surface area contributed by atoms with Gasteiger partial charge in [0.15, 0.2) is 0 Å². The molecule has 0 amide bonds. The number of esters is 1. The van der Waals surface area contributed by atoms with Gasteiger partial charge >= 0.3 is 15.3 Å². The van der Waals surface area contributed by atoms with Gasteiger partial charge in [-0.05, 0) is 24.5 Å². The van der Waals surface area contributed by atoms with E-state index in [0.29, 0.717) is 5.56 Å². The fourth-order valence-corrected chi connectivity index (χ4v) is 1.33. The lowest BCUT2D eigenvalue weighted by Crippen LogP contribution is -2.00. The summed E-state index contributed by atoms with van der Waals surface area (Å²) in [4.78, 5) is 12.1. The van der Waals surface area contributed by atoms with Crippen LogP contribution in [0.1, 0.15) is 10.4 Å². The second kappa shape index (κ2) is 7.54. The maximum Gasteiger partial charge on any atom is 0.353 e. The van der Waals surface area contributed by atoms with Crippen molar-refractivity contribution >= 4 is 37.7 Å². The molecule has 0 aliphatic rings. The Morgan fingerprint density at radius 3 is 2.41 bits per heavy atom. The van der Waals surface area contributed by atoms with Crippen molar-refractivity contribution in [3.8, 4) is 0 Å². The Balaban J connectivity index is 0.000000437. The summed E-state index contributed by atoms with van der Waals surface area (Å²) in [5, 5.41) is 0. The minimum absolute atomic E-state index is 0.286. The number of benzene rings is 1. The highest BCUT2D eigenvalue weighted by Crippen LogP contribution is 2.15. The lowest BCUT2D eigenvalue weighted by Gasteiger charge is -2.00.